The van der Waals surface area contributed by atoms with Gasteiger partial charge in [0.1, 0.15) is 11.8 Å². The number of carbonyl (C=O) groups excluding carboxylic acids is 4. The van der Waals surface area contributed by atoms with Crippen LogP contribution in [0, 0.1) is 12.8 Å². The number of nitrogens with zero attached hydrogens (tertiary/aromatic N) is 2. The van der Waals surface area contributed by atoms with Gasteiger partial charge in [0, 0.05) is 16.5 Å². The van der Waals surface area contributed by atoms with Crippen molar-refractivity contribution in [3.63, 3.8) is 0 Å². The molecule has 2 unspecified atom stereocenters. The lowest BCUT2D eigenvalue weighted by atomic mass is 9.83. The molecule has 3 amide bonds. The Hall–Kier alpha value is -4.48. The quantitative estimate of drug-likeness (QED) is 0.235. The van der Waals surface area contributed by atoms with Crippen molar-refractivity contribution in [2.45, 2.75) is 36.6 Å². The predicted octanol–water partition coefficient (Wildman–Crippen LogP) is 4.83. The van der Waals surface area contributed by atoms with Crippen molar-refractivity contribution in [3.05, 3.63) is 110 Å². The Kier molecular flexibility index (Phi) is 7.76. The van der Waals surface area contributed by atoms with Crippen molar-refractivity contribution in [2.24, 2.45) is 5.92 Å². The number of imide groups is 1. The summed E-state index contributed by atoms with van der Waals surface area (Å²) in [6.07, 6.45) is 0. The number of hydrogen-bond acceptors (Lipinski definition) is 8. The van der Waals surface area contributed by atoms with Crippen LogP contribution >= 0.6 is 23.1 Å². The van der Waals surface area contributed by atoms with Crippen molar-refractivity contribution < 1.29 is 23.9 Å². The van der Waals surface area contributed by atoms with Gasteiger partial charge in [0.2, 0.25) is 17.7 Å². The van der Waals surface area contributed by atoms with Crippen LogP contribution in [0.3, 0.4) is 0 Å². The Balaban J connectivity index is 1.32. The molecule has 3 atom stereocenters. The summed E-state index contributed by atoms with van der Waals surface area (Å²) < 4.78 is 6.37. The molecule has 3 heterocycles. The second-order valence-corrected chi connectivity index (χ2v) is 12.4. The Labute approximate surface area is 255 Å². The van der Waals surface area contributed by atoms with E-state index < -0.39 is 29.0 Å². The van der Waals surface area contributed by atoms with E-state index in [1.54, 1.807) is 43.3 Å². The zero-order valence-corrected chi connectivity index (χ0v) is 24.9. The van der Waals surface area contributed by atoms with Crippen LogP contribution in [0.25, 0.3) is 0 Å². The van der Waals surface area contributed by atoms with Gasteiger partial charge in [-0.1, -0.05) is 71.1 Å². The number of esters is 1. The van der Waals surface area contributed by atoms with Gasteiger partial charge in [-0.3, -0.25) is 23.7 Å². The molecule has 2 aliphatic rings. The van der Waals surface area contributed by atoms with Crippen LogP contribution in [0.2, 0.25) is 0 Å². The minimum absolute atomic E-state index is 0.255. The molecule has 1 fully saturated rings. The SMILES string of the molecule is CCOC(=O)c1ccc(NC(=O)Cn2c3c(sc2=O)[C@@H](c2ccccc2)C2C(=O)N(c4ccc(C)cc4)C(=O)C2S3)cc1. The van der Waals surface area contributed by atoms with E-state index in [1.165, 1.54) is 21.2 Å². The molecule has 9 nitrogen and oxygen atoms in total. The van der Waals surface area contributed by atoms with Gasteiger partial charge < -0.3 is 10.1 Å². The molecule has 6 rings (SSSR count). The largest absolute Gasteiger partial charge is 0.462 e. The van der Waals surface area contributed by atoms with E-state index in [4.69, 9.17) is 4.74 Å². The number of anilines is 2. The number of benzene rings is 3. The fourth-order valence-electron chi connectivity index (χ4n) is 5.47. The zero-order valence-electron chi connectivity index (χ0n) is 23.3. The van der Waals surface area contributed by atoms with Gasteiger partial charge >= 0.3 is 10.8 Å². The number of thiazole rings is 1. The van der Waals surface area contributed by atoms with Gasteiger partial charge in [-0.15, -0.1) is 0 Å². The Bertz CT molecular complexity index is 1780. The van der Waals surface area contributed by atoms with Crippen LogP contribution in [-0.4, -0.2) is 40.1 Å². The highest BCUT2D eigenvalue weighted by atomic mass is 32.2. The Morgan fingerprint density at radius 1 is 0.907 bits per heavy atom. The molecule has 0 radical (unpaired) electrons. The van der Waals surface area contributed by atoms with Gasteiger partial charge in [0.15, 0.2) is 0 Å². The molecular formula is C32H27N3O6S2. The maximum absolute atomic E-state index is 13.9. The molecule has 1 N–H and O–H groups in total. The average molecular weight is 614 g/mol. The normalized spacial score (nSPS) is 19.1. The highest BCUT2D eigenvalue weighted by Gasteiger charge is 2.56. The Morgan fingerprint density at radius 3 is 2.28 bits per heavy atom. The fraction of sp³-hybridized carbons (Fsp3) is 0.219. The second-order valence-electron chi connectivity index (χ2n) is 10.3. The number of aryl methyl sites for hydroxylation is 1. The number of rotatable bonds is 7. The summed E-state index contributed by atoms with van der Waals surface area (Å²) in [7, 11) is 0. The number of amides is 3. The first-order valence-electron chi connectivity index (χ1n) is 13.7. The summed E-state index contributed by atoms with van der Waals surface area (Å²) in [4.78, 5) is 67.7. The smallest absolute Gasteiger partial charge is 0.338 e. The van der Waals surface area contributed by atoms with Crippen LogP contribution in [0.4, 0.5) is 11.4 Å². The maximum atomic E-state index is 13.9. The summed E-state index contributed by atoms with van der Waals surface area (Å²) in [6, 6.07) is 22.9. The van der Waals surface area contributed by atoms with Gasteiger partial charge in [-0.2, -0.15) is 0 Å². The van der Waals surface area contributed by atoms with Crippen molar-refractivity contribution >= 4 is 58.2 Å². The third kappa shape index (κ3) is 5.30. The van der Waals surface area contributed by atoms with Crippen LogP contribution in [-0.2, 0) is 25.7 Å². The van der Waals surface area contributed by atoms with Crippen LogP contribution in [0.5, 0.6) is 0 Å². The summed E-state index contributed by atoms with van der Waals surface area (Å²) >= 11 is 2.18. The number of thioether (sulfide) groups is 1. The standard InChI is InChI=1S/C32H27N3O6S2/c1-3-41-31(39)20-11-13-21(14-12-20)33-23(36)17-34-30-27(43-32(34)40)24(19-7-5-4-6-8-19)25-26(42-30)29(38)35(28(25)37)22-15-9-18(2)10-16-22/h4-16,24-26H,3,17H2,1-2H3,(H,33,36)/t24-,25?,26?/m0/s1. The monoisotopic (exact) mass is 613 g/mol. The fourth-order valence-corrected chi connectivity index (χ4v) is 8.24. The van der Waals surface area contributed by atoms with Crippen molar-refractivity contribution in [1.29, 1.82) is 0 Å². The van der Waals surface area contributed by atoms with E-state index in [0.29, 0.717) is 26.8 Å². The summed E-state index contributed by atoms with van der Waals surface area (Å²) in [5, 5.41) is 2.53. The van der Waals surface area contributed by atoms with E-state index in [0.717, 1.165) is 22.5 Å². The van der Waals surface area contributed by atoms with E-state index in [1.807, 2.05) is 49.4 Å². The Morgan fingerprint density at radius 2 is 1.60 bits per heavy atom. The molecular weight excluding hydrogens is 587 g/mol. The van der Waals surface area contributed by atoms with Crippen LogP contribution in [0.15, 0.2) is 88.7 Å². The highest BCUT2D eigenvalue weighted by molar-refractivity contribution is 8.00. The topological polar surface area (TPSA) is 115 Å². The molecule has 0 saturated carbocycles. The van der Waals surface area contributed by atoms with E-state index in [-0.39, 0.29) is 29.8 Å². The summed E-state index contributed by atoms with van der Waals surface area (Å²) in [5.74, 6) is -2.77. The van der Waals surface area contributed by atoms with Gasteiger partial charge in [-0.05, 0) is 55.8 Å². The third-order valence-electron chi connectivity index (χ3n) is 7.48. The molecule has 11 heteroatoms. The first-order chi connectivity index (χ1) is 20.8. The molecule has 0 spiro atoms. The molecule has 43 heavy (non-hydrogen) atoms. The lowest BCUT2D eigenvalue weighted by molar-refractivity contribution is -0.122. The van der Waals surface area contributed by atoms with Crippen LogP contribution < -0.4 is 15.1 Å². The lowest BCUT2D eigenvalue weighted by Crippen LogP contribution is -2.33. The number of carbonyl (C=O) groups is 4. The number of fused-ring (bicyclic) bond motifs is 2. The van der Waals surface area contributed by atoms with Gasteiger partial charge in [0.25, 0.3) is 0 Å². The average Bonchev–Trinajstić information content (AvgIpc) is 3.44. The van der Waals surface area contributed by atoms with E-state index >= 15 is 0 Å². The minimum Gasteiger partial charge on any atom is -0.462 e. The van der Waals surface area contributed by atoms with Crippen LogP contribution in [0.1, 0.15) is 39.2 Å². The maximum Gasteiger partial charge on any atom is 0.338 e. The first kappa shape index (κ1) is 28.6. The molecule has 2 aliphatic heterocycles. The zero-order chi connectivity index (χ0) is 30.2. The third-order valence-corrected chi connectivity index (χ3v) is 10.1. The number of nitrogens with one attached hydrogen (secondary N) is 1. The van der Waals surface area contributed by atoms with Crippen molar-refractivity contribution in [3.8, 4) is 0 Å². The van der Waals surface area contributed by atoms with Crippen molar-refractivity contribution in [2.75, 3.05) is 16.8 Å². The molecule has 218 valence electrons. The lowest BCUT2D eigenvalue weighted by Gasteiger charge is -2.30. The molecule has 4 aromatic rings. The summed E-state index contributed by atoms with van der Waals surface area (Å²) in [6.45, 7) is 3.63. The number of aromatic nitrogens is 1. The first-order valence-corrected chi connectivity index (χ1v) is 15.4. The summed E-state index contributed by atoms with van der Waals surface area (Å²) in [5.41, 5.74) is 3.16. The number of ether oxygens (including phenoxy) is 1. The van der Waals surface area contributed by atoms with E-state index in [2.05, 4.69) is 5.32 Å². The highest BCUT2D eigenvalue weighted by Crippen LogP contribution is 2.53. The molecule has 1 aromatic heterocycles. The second kappa shape index (κ2) is 11.7. The molecule has 0 aliphatic carbocycles. The van der Waals surface area contributed by atoms with Crippen molar-refractivity contribution in [1.82, 2.24) is 4.57 Å². The van der Waals surface area contributed by atoms with Gasteiger partial charge in [0.05, 0.1) is 28.8 Å². The molecule has 0 bridgehead atoms. The van der Waals surface area contributed by atoms with E-state index in [9.17, 15) is 24.0 Å². The number of hydrogen-bond donors (Lipinski definition) is 1. The molecule has 1 saturated heterocycles. The van der Waals surface area contributed by atoms with Gasteiger partial charge in [-0.25, -0.2) is 9.69 Å². The predicted molar refractivity (Wildman–Crippen MR) is 165 cm³/mol. The minimum atomic E-state index is -0.759. The molecule has 3 aromatic carbocycles.